The lowest BCUT2D eigenvalue weighted by Crippen LogP contribution is -2.12. The molecular formula is C17H20FNO. The topological polar surface area (TPSA) is 21.3 Å². The second-order valence-electron chi connectivity index (χ2n) is 4.65. The summed E-state index contributed by atoms with van der Waals surface area (Å²) in [5, 5.41) is 3.01. The normalized spacial score (nSPS) is 10.3. The molecule has 0 unspecified atom stereocenters. The highest BCUT2D eigenvalue weighted by Crippen LogP contribution is 2.14. The third-order valence-electron chi connectivity index (χ3n) is 3.02. The van der Waals surface area contributed by atoms with E-state index >= 15 is 0 Å². The fraction of sp³-hybridized carbons (Fsp3) is 0.294. The zero-order valence-electron chi connectivity index (χ0n) is 11.7. The summed E-state index contributed by atoms with van der Waals surface area (Å²) in [5.74, 6) is 0.608. The van der Waals surface area contributed by atoms with E-state index in [0.29, 0.717) is 18.8 Å². The van der Waals surface area contributed by atoms with Crippen LogP contribution in [0.4, 0.5) is 10.1 Å². The molecule has 2 aromatic carbocycles. The number of hydrogen-bond donors (Lipinski definition) is 1. The molecule has 0 aliphatic heterocycles. The Morgan fingerprint density at radius 3 is 2.50 bits per heavy atom. The number of anilines is 1. The first-order valence-electron chi connectivity index (χ1n) is 6.99. The van der Waals surface area contributed by atoms with Crippen LogP contribution in [0.15, 0.2) is 48.5 Å². The largest absolute Gasteiger partial charge is 0.492 e. The van der Waals surface area contributed by atoms with Gasteiger partial charge in [-0.1, -0.05) is 37.6 Å². The van der Waals surface area contributed by atoms with Crippen molar-refractivity contribution in [2.75, 3.05) is 18.5 Å². The molecular weight excluding hydrogens is 253 g/mol. The predicted octanol–water partition coefficient (Wildman–Crippen LogP) is 4.27. The molecule has 0 amide bonds. The Hall–Kier alpha value is -2.03. The number of rotatable bonds is 7. The lowest BCUT2D eigenvalue weighted by atomic mass is 10.1. The fourth-order valence-electron chi connectivity index (χ4n) is 2.00. The van der Waals surface area contributed by atoms with Crippen molar-refractivity contribution in [2.24, 2.45) is 0 Å². The number of hydrogen-bond acceptors (Lipinski definition) is 2. The van der Waals surface area contributed by atoms with Gasteiger partial charge in [0.1, 0.15) is 18.2 Å². The van der Waals surface area contributed by atoms with Gasteiger partial charge in [-0.15, -0.1) is 0 Å². The van der Waals surface area contributed by atoms with Crippen molar-refractivity contribution < 1.29 is 9.13 Å². The highest BCUT2D eigenvalue weighted by atomic mass is 19.1. The first-order chi connectivity index (χ1) is 9.79. The maximum absolute atomic E-state index is 13.4. The van der Waals surface area contributed by atoms with Crippen molar-refractivity contribution in [3.8, 4) is 5.75 Å². The second kappa shape index (κ2) is 7.53. The van der Waals surface area contributed by atoms with Gasteiger partial charge < -0.3 is 10.1 Å². The van der Waals surface area contributed by atoms with Crippen molar-refractivity contribution >= 4 is 5.69 Å². The Balaban J connectivity index is 1.74. The summed E-state index contributed by atoms with van der Waals surface area (Å²) >= 11 is 0. The van der Waals surface area contributed by atoms with Crippen LogP contribution in [0.1, 0.15) is 18.9 Å². The van der Waals surface area contributed by atoms with E-state index < -0.39 is 0 Å². The molecule has 2 rings (SSSR count). The van der Waals surface area contributed by atoms with E-state index in [0.717, 1.165) is 18.6 Å². The van der Waals surface area contributed by atoms with E-state index in [-0.39, 0.29) is 5.82 Å². The number of para-hydroxylation sites is 1. The molecule has 0 aliphatic carbocycles. The van der Waals surface area contributed by atoms with E-state index in [4.69, 9.17) is 4.74 Å². The van der Waals surface area contributed by atoms with Gasteiger partial charge in [0.25, 0.3) is 0 Å². The van der Waals surface area contributed by atoms with Crippen LogP contribution in [-0.2, 0) is 6.42 Å². The summed E-state index contributed by atoms with van der Waals surface area (Å²) in [6.07, 6.45) is 2.24. The molecule has 0 spiro atoms. The van der Waals surface area contributed by atoms with Crippen molar-refractivity contribution in [3.63, 3.8) is 0 Å². The zero-order valence-corrected chi connectivity index (χ0v) is 11.7. The Morgan fingerprint density at radius 2 is 1.80 bits per heavy atom. The minimum absolute atomic E-state index is 0.239. The van der Waals surface area contributed by atoms with E-state index in [1.807, 2.05) is 12.1 Å². The average molecular weight is 273 g/mol. The summed E-state index contributed by atoms with van der Waals surface area (Å²) in [6.45, 7) is 3.23. The van der Waals surface area contributed by atoms with Gasteiger partial charge in [-0.2, -0.15) is 0 Å². The van der Waals surface area contributed by atoms with Crippen LogP contribution < -0.4 is 10.1 Å². The molecule has 0 fully saturated rings. The van der Waals surface area contributed by atoms with Gasteiger partial charge in [0.05, 0.1) is 5.69 Å². The standard InChI is InChI=1S/C17H20FNO/c1-2-5-14-8-10-15(11-9-14)20-13-12-19-17-7-4-3-6-16(17)18/h3-4,6-11,19H,2,5,12-13H2,1H3. The molecule has 0 saturated carbocycles. The number of aryl methyl sites for hydroxylation is 1. The Bertz CT molecular complexity index is 525. The third-order valence-corrected chi connectivity index (χ3v) is 3.02. The highest BCUT2D eigenvalue weighted by molar-refractivity contribution is 5.44. The SMILES string of the molecule is CCCc1ccc(OCCNc2ccccc2F)cc1. The van der Waals surface area contributed by atoms with Crippen molar-refractivity contribution in [1.82, 2.24) is 0 Å². The highest BCUT2D eigenvalue weighted by Gasteiger charge is 1.99. The van der Waals surface area contributed by atoms with Crippen molar-refractivity contribution in [1.29, 1.82) is 0 Å². The number of nitrogens with one attached hydrogen (secondary N) is 1. The number of benzene rings is 2. The molecule has 3 heteroatoms. The van der Waals surface area contributed by atoms with E-state index in [1.165, 1.54) is 11.6 Å². The second-order valence-corrected chi connectivity index (χ2v) is 4.65. The van der Waals surface area contributed by atoms with Crippen LogP contribution in [0.3, 0.4) is 0 Å². The molecule has 106 valence electrons. The lowest BCUT2D eigenvalue weighted by Gasteiger charge is -2.09. The maximum atomic E-state index is 13.4. The average Bonchev–Trinajstić information content (AvgIpc) is 2.47. The third kappa shape index (κ3) is 4.26. The van der Waals surface area contributed by atoms with Crippen LogP contribution in [0.5, 0.6) is 5.75 Å². The van der Waals surface area contributed by atoms with Crippen LogP contribution >= 0.6 is 0 Å². The van der Waals surface area contributed by atoms with Gasteiger partial charge in [0.2, 0.25) is 0 Å². The Labute approximate surface area is 119 Å². The first kappa shape index (κ1) is 14.4. The monoisotopic (exact) mass is 273 g/mol. The van der Waals surface area contributed by atoms with Crippen LogP contribution in [0.2, 0.25) is 0 Å². The van der Waals surface area contributed by atoms with Crippen LogP contribution in [0.25, 0.3) is 0 Å². The molecule has 0 aromatic heterocycles. The summed E-state index contributed by atoms with van der Waals surface area (Å²) in [7, 11) is 0. The summed E-state index contributed by atoms with van der Waals surface area (Å²) in [4.78, 5) is 0. The molecule has 0 aliphatic rings. The molecule has 1 N–H and O–H groups in total. The number of ether oxygens (including phenoxy) is 1. The molecule has 0 heterocycles. The van der Waals surface area contributed by atoms with Gasteiger partial charge in [0.15, 0.2) is 0 Å². The van der Waals surface area contributed by atoms with E-state index in [9.17, 15) is 4.39 Å². The van der Waals surface area contributed by atoms with Gasteiger partial charge in [-0.25, -0.2) is 4.39 Å². The first-order valence-corrected chi connectivity index (χ1v) is 6.99. The van der Waals surface area contributed by atoms with Gasteiger partial charge in [-0.3, -0.25) is 0 Å². The minimum atomic E-state index is -0.239. The van der Waals surface area contributed by atoms with E-state index in [2.05, 4.69) is 24.4 Å². The summed E-state index contributed by atoms with van der Waals surface area (Å²) < 4.78 is 19.0. The minimum Gasteiger partial charge on any atom is -0.492 e. The van der Waals surface area contributed by atoms with E-state index in [1.54, 1.807) is 18.2 Å². The van der Waals surface area contributed by atoms with Gasteiger partial charge >= 0.3 is 0 Å². The molecule has 20 heavy (non-hydrogen) atoms. The fourth-order valence-corrected chi connectivity index (χ4v) is 2.00. The molecule has 0 saturated heterocycles. The molecule has 0 bridgehead atoms. The predicted molar refractivity (Wildman–Crippen MR) is 80.8 cm³/mol. The molecule has 2 nitrogen and oxygen atoms in total. The quantitative estimate of drug-likeness (QED) is 0.761. The lowest BCUT2D eigenvalue weighted by molar-refractivity contribution is 0.332. The molecule has 2 aromatic rings. The Kier molecular flexibility index (Phi) is 5.42. The zero-order chi connectivity index (χ0) is 14.2. The van der Waals surface area contributed by atoms with Crippen LogP contribution in [-0.4, -0.2) is 13.2 Å². The number of halogens is 1. The van der Waals surface area contributed by atoms with Crippen molar-refractivity contribution in [2.45, 2.75) is 19.8 Å². The molecule has 0 radical (unpaired) electrons. The van der Waals surface area contributed by atoms with Gasteiger partial charge in [-0.05, 0) is 36.2 Å². The van der Waals surface area contributed by atoms with Gasteiger partial charge in [0, 0.05) is 6.54 Å². The summed E-state index contributed by atoms with van der Waals surface area (Å²) in [6, 6.07) is 14.8. The summed E-state index contributed by atoms with van der Waals surface area (Å²) in [5.41, 5.74) is 1.83. The smallest absolute Gasteiger partial charge is 0.146 e. The molecule has 0 atom stereocenters. The van der Waals surface area contributed by atoms with Crippen molar-refractivity contribution in [3.05, 3.63) is 59.9 Å². The maximum Gasteiger partial charge on any atom is 0.146 e. The Morgan fingerprint density at radius 1 is 1.05 bits per heavy atom. The van der Waals surface area contributed by atoms with Crippen LogP contribution in [0, 0.1) is 5.82 Å².